The van der Waals surface area contributed by atoms with Crippen molar-refractivity contribution in [2.45, 2.75) is 6.17 Å². The molecule has 1 heterocycles. The minimum atomic E-state index is -0.263. The van der Waals surface area contributed by atoms with Crippen LogP contribution in [0, 0.1) is 5.82 Å². The third-order valence-corrected chi connectivity index (χ3v) is 2.95. The monoisotopic (exact) mass is 241 g/mol. The number of aliphatic imine (C=N–C) groups is 1. The van der Waals surface area contributed by atoms with Crippen LogP contribution >= 0.6 is 0 Å². The maximum absolute atomic E-state index is 12.9. The Morgan fingerprint density at radius 2 is 1.78 bits per heavy atom. The number of nitrogens with zero attached hydrogens (tertiary/aromatic N) is 1. The van der Waals surface area contributed by atoms with Crippen LogP contribution in [0.4, 0.5) is 10.1 Å². The Morgan fingerprint density at radius 1 is 1.06 bits per heavy atom. The molecule has 0 saturated heterocycles. The van der Waals surface area contributed by atoms with Crippen molar-refractivity contribution in [3.63, 3.8) is 0 Å². The predicted octanol–water partition coefficient (Wildman–Crippen LogP) is 2.66. The molecule has 1 aliphatic rings. The highest BCUT2D eigenvalue weighted by Crippen LogP contribution is 2.28. The van der Waals surface area contributed by atoms with Gasteiger partial charge in [0.25, 0.3) is 0 Å². The lowest BCUT2D eigenvalue weighted by Gasteiger charge is -2.24. The molecule has 0 amide bonds. The fraction of sp³-hybridized carbons (Fsp3) is 0.0714. The number of amidine groups is 1. The summed E-state index contributed by atoms with van der Waals surface area (Å²) in [4.78, 5) is 4.38. The van der Waals surface area contributed by atoms with Crippen molar-refractivity contribution in [3.8, 4) is 0 Å². The van der Waals surface area contributed by atoms with E-state index in [-0.39, 0.29) is 12.0 Å². The van der Waals surface area contributed by atoms with E-state index in [2.05, 4.69) is 10.3 Å². The van der Waals surface area contributed by atoms with E-state index in [4.69, 9.17) is 5.73 Å². The number of para-hydroxylation sites is 1. The fourth-order valence-electron chi connectivity index (χ4n) is 2.02. The summed E-state index contributed by atoms with van der Waals surface area (Å²) in [5.74, 6) is 0.241. The molecule has 1 unspecified atom stereocenters. The van der Waals surface area contributed by atoms with Crippen molar-refractivity contribution < 1.29 is 4.39 Å². The molecular formula is C14H12FN3. The van der Waals surface area contributed by atoms with E-state index in [1.165, 1.54) is 12.1 Å². The lowest BCUT2D eigenvalue weighted by molar-refractivity contribution is 0.626. The van der Waals surface area contributed by atoms with Crippen LogP contribution < -0.4 is 11.1 Å². The molecule has 0 spiro atoms. The number of rotatable bonds is 1. The van der Waals surface area contributed by atoms with Crippen LogP contribution in [0.25, 0.3) is 0 Å². The molecule has 1 atom stereocenters. The summed E-state index contributed by atoms with van der Waals surface area (Å²) >= 11 is 0. The Kier molecular flexibility index (Phi) is 2.48. The Labute approximate surface area is 104 Å². The summed E-state index contributed by atoms with van der Waals surface area (Å²) in [7, 11) is 0. The van der Waals surface area contributed by atoms with Crippen LogP contribution in [0.2, 0.25) is 0 Å². The van der Waals surface area contributed by atoms with Crippen molar-refractivity contribution in [3.05, 3.63) is 65.5 Å². The van der Waals surface area contributed by atoms with Gasteiger partial charge >= 0.3 is 0 Å². The van der Waals surface area contributed by atoms with Crippen molar-refractivity contribution in [1.29, 1.82) is 0 Å². The summed E-state index contributed by atoms with van der Waals surface area (Å²) in [6.45, 7) is 0. The highest BCUT2D eigenvalue weighted by atomic mass is 19.1. The molecule has 0 saturated carbocycles. The Balaban J connectivity index is 1.99. The van der Waals surface area contributed by atoms with Gasteiger partial charge in [-0.15, -0.1) is 0 Å². The molecule has 0 aliphatic carbocycles. The first-order valence-electron chi connectivity index (χ1n) is 5.69. The van der Waals surface area contributed by atoms with Crippen LogP contribution in [0.5, 0.6) is 0 Å². The molecule has 18 heavy (non-hydrogen) atoms. The van der Waals surface area contributed by atoms with E-state index in [0.717, 1.165) is 16.8 Å². The highest BCUT2D eigenvalue weighted by molar-refractivity contribution is 6.03. The molecule has 0 radical (unpaired) electrons. The zero-order valence-corrected chi connectivity index (χ0v) is 9.60. The van der Waals surface area contributed by atoms with E-state index < -0.39 is 0 Å². The van der Waals surface area contributed by atoms with Gasteiger partial charge in [0.1, 0.15) is 17.8 Å². The molecule has 3 N–H and O–H groups in total. The van der Waals surface area contributed by atoms with Gasteiger partial charge in [0.05, 0.1) is 0 Å². The molecule has 0 aromatic heterocycles. The van der Waals surface area contributed by atoms with Crippen LogP contribution in [0.3, 0.4) is 0 Å². The third kappa shape index (κ3) is 1.82. The summed E-state index contributed by atoms with van der Waals surface area (Å²) in [6.07, 6.45) is -0.263. The molecule has 0 bridgehead atoms. The fourth-order valence-corrected chi connectivity index (χ4v) is 2.02. The van der Waals surface area contributed by atoms with Gasteiger partial charge in [-0.05, 0) is 29.8 Å². The number of fused-ring (bicyclic) bond motifs is 1. The quantitative estimate of drug-likeness (QED) is 0.806. The summed E-state index contributed by atoms with van der Waals surface area (Å²) < 4.78 is 12.9. The average molecular weight is 241 g/mol. The molecule has 2 aromatic rings. The standard InChI is InChI=1S/C14H12FN3/c15-10-7-5-9(6-8-10)14-17-12-4-2-1-3-11(12)13(16)18-14/h1-8,14,17H,(H2,16,18). The topological polar surface area (TPSA) is 50.4 Å². The Morgan fingerprint density at radius 3 is 2.56 bits per heavy atom. The number of benzene rings is 2. The van der Waals surface area contributed by atoms with Crippen LogP contribution in [0.15, 0.2) is 53.5 Å². The number of anilines is 1. The second-order valence-corrected chi connectivity index (χ2v) is 4.16. The van der Waals surface area contributed by atoms with E-state index in [0.29, 0.717) is 5.84 Å². The summed E-state index contributed by atoms with van der Waals surface area (Å²) in [5.41, 5.74) is 8.67. The smallest absolute Gasteiger partial charge is 0.147 e. The highest BCUT2D eigenvalue weighted by Gasteiger charge is 2.19. The van der Waals surface area contributed by atoms with Crippen molar-refractivity contribution in [1.82, 2.24) is 0 Å². The molecule has 4 heteroatoms. The number of nitrogens with two attached hydrogens (primary N) is 1. The number of hydrogen-bond acceptors (Lipinski definition) is 3. The number of nitrogens with one attached hydrogen (secondary N) is 1. The van der Waals surface area contributed by atoms with Crippen molar-refractivity contribution in [2.75, 3.05) is 5.32 Å². The van der Waals surface area contributed by atoms with Gasteiger partial charge in [0.15, 0.2) is 0 Å². The molecule has 1 aliphatic heterocycles. The first-order valence-corrected chi connectivity index (χ1v) is 5.69. The van der Waals surface area contributed by atoms with Crippen LogP contribution in [-0.4, -0.2) is 5.84 Å². The predicted molar refractivity (Wildman–Crippen MR) is 69.9 cm³/mol. The number of hydrogen-bond donors (Lipinski definition) is 2. The van der Waals surface area contributed by atoms with Crippen LogP contribution in [-0.2, 0) is 0 Å². The maximum Gasteiger partial charge on any atom is 0.147 e. The normalized spacial score (nSPS) is 17.6. The SMILES string of the molecule is NC1=NC(c2ccc(F)cc2)Nc2ccccc21. The maximum atomic E-state index is 12.9. The van der Waals surface area contributed by atoms with Gasteiger partial charge in [-0.3, -0.25) is 0 Å². The van der Waals surface area contributed by atoms with E-state index in [1.807, 2.05) is 24.3 Å². The molecular weight excluding hydrogens is 229 g/mol. The van der Waals surface area contributed by atoms with Gasteiger partial charge in [-0.2, -0.15) is 0 Å². The minimum absolute atomic E-state index is 0.257. The van der Waals surface area contributed by atoms with Gasteiger partial charge in [0.2, 0.25) is 0 Å². The largest absolute Gasteiger partial charge is 0.383 e. The average Bonchev–Trinajstić information content (AvgIpc) is 2.39. The van der Waals surface area contributed by atoms with E-state index >= 15 is 0 Å². The second kappa shape index (κ2) is 4.14. The third-order valence-electron chi connectivity index (χ3n) is 2.95. The Hall–Kier alpha value is -2.36. The molecule has 2 aromatic carbocycles. The lowest BCUT2D eigenvalue weighted by atomic mass is 10.1. The zero-order valence-electron chi connectivity index (χ0n) is 9.60. The molecule has 90 valence electrons. The van der Waals surface area contributed by atoms with Gasteiger partial charge in [-0.25, -0.2) is 9.38 Å². The van der Waals surface area contributed by atoms with Crippen LogP contribution in [0.1, 0.15) is 17.3 Å². The molecule has 0 fully saturated rings. The molecule has 3 nitrogen and oxygen atoms in total. The first-order chi connectivity index (χ1) is 8.74. The minimum Gasteiger partial charge on any atom is -0.383 e. The van der Waals surface area contributed by atoms with Gasteiger partial charge in [-0.1, -0.05) is 24.3 Å². The zero-order chi connectivity index (χ0) is 12.5. The van der Waals surface area contributed by atoms with Crippen molar-refractivity contribution in [2.24, 2.45) is 10.7 Å². The number of halogens is 1. The molecule has 3 rings (SSSR count). The first kappa shape index (κ1) is 10.8. The summed E-state index contributed by atoms with van der Waals surface area (Å²) in [6, 6.07) is 14.0. The Bertz CT molecular complexity index is 605. The van der Waals surface area contributed by atoms with E-state index in [1.54, 1.807) is 12.1 Å². The lowest BCUT2D eigenvalue weighted by Crippen LogP contribution is -2.25. The second-order valence-electron chi connectivity index (χ2n) is 4.16. The van der Waals surface area contributed by atoms with Crippen molar-refractivity contribution >= 4 is 11.5 Å². The summed E-state index contributed by atoms with van der Waals surface area (Å²) in [5, 5.41) is 3.27. The van der Waals surface area contributed by atoms with E-state index in [9.17, 15) is 4.39 Å². The van der Waals surface area contributed by atoms with Gasteiger partial charge in [0, 0.05) is 11.3 Å². The van der Waals surface area contributed by atoms with Gasteiger partial charge < -0.3 is 11.1 Å².